The average molecular weight is 416 g/mol. The molecule has 3 rings (SSSR count). The first-order chi connectivity index (χ1) is 13.9. The molecule has 0 unspecified atom stereocenters. The van der Waals surface area contributed by atoms with E-state index in [1.807, 2.05) is 0 Å². The van der Waals surface area contributed by atoms with E-state index in [1.54, 1.807) is 42.5 Å². The van der Waals surface area contributed by atoms with Crippen molar-refractivity contribution in [3.63, 3.8) is 0 Å². The van der Waals surface area contributed by atoms with Crippen LogP contribution in [0.4, 0.5) is 5.69 Å². The number of hydrogen-bond acceptors (Lipinski definition) is 5. The van der Waals surface area contributed by atoms with Crippen molar-refractivity contribution in [1.29, 1.82) is 0 Å². The number of amides is 2. The van der Waals surface area contributed by atoms with Crippen LogP contribution in [0.15, 0.2) is 47.5 Å². The van der Waals surface area contributed by atoms with Crippen LogP contribution in [0, 0.1) is 5.92 Å². The topological polar surface area (TPSA) is 65.1 Å². The molecule has 1 aliphatic rings. The normalized spacial score (nSPS) is 14.1. The van der Waals surface area contributed by atoms with Crippen LogP contribution < -0.4 is 19.1 Å². The molecule has 0 aliphatic carbocycles. The number of hydrogen-bond donors (Lipinski definition) is 0. The molecule has 1 aliphatic heterocycles. The number of rotatable bonds is 7. The molecular formula is C22H22ClNO5. The Hall–Kier alpha value is -2.99. The maximum absolute atomic E-state index is 13.1. The maximum Gasteiger partial charge on any atom is 0.277 e. The fourth-order valence-electron chi connectivity index (χ4n) is 2.92. The molecule has 2 amide bonds. The Labute approximate surface area is 174 Å². The van der Waals surface area contributed by atoms with Crippen LogP contribution in [-0.2, 0) is 9.59 Å². The summed E-state index contributed by atoms with van der Waals surface area (Å²) in [5.74, 6) is 0.836. The monoisotopic (exact) mass is 415 g/mol. The molecule has 0 bridgehead atoms. The van der Waals surface area contributed by atoms with Crippen LogP contribution in [0.2, 0.25) is 0 Å². The highest BCUT2D eigenvalue weighted by Gasteiger charge is 2.40. The summed E-state index contributed by atoms with van der Waals surface area (Å²) in [7, 11) is 2.97. The number of methoxy groups -OCH3 is 2. The van der Waals surface area contributed by atoms with Gasteiger partial charge in [0.1, 0.15) is 22.3 Å². The maximum atomic E-state index is 13.1. The lowest BCUT2D eigenvalue weighted by Gasteiger charge is -2.18. The quantitative estimate of drug-likeness (QED) is 0.632. The fourth-order valence-corrected chi connectivity index (χ4v) is 3.20. The summed E-state index contributed by atoms with van der Waals surface area (Å²) >= 11 is 6.27. The fraction of sp³-hybridized carbons (Fsp3) is 0.273. The second kappa shape index (κ2) is 8.57. The molecule has 0 fully saturated rings. The lowest BCUT2D eigenvalue weighted by atomic mass is 10.1. The van der Waals surface area contributed by atoms with E-state index in [2.05, 4.69) is 13.8 Å². The van der Waals surface area contributed by atoms with Crippen LogP contribution in [0.25, 0.3) is 5.57 Å². The highest BCUT2D eigenvalue weighted by molar-refractivity contribution is 6.60. The van der Waals surface area contributed by atoms with Gasteiger partial charge in [-0.2, -0.15) is 0 Å². The first kappa shape index (κ1) is 20.7. The molecule has 29 heavy (non-hydrogen) atoms. The van der Waals surface area contributed by atoms with Gasteiger partial charge in [0, 0.05) is 6.07 Å². The van der Waals surface area contributed by atoms with Gasteiger partial charge in [0.15, 0.2) is 0 Å². The van der Waals surface area contributed by atoms with Gasteiger partial charge >= 0.3 is 0 Å². The van der Waals surface area contributed by atoms with Gasteiger partial charge in [-0.15, -0.1) is 0 Å². The van der Waals surface area contributed by atoms with Gasteiger partial charge in [-0.1, -0.05) is 37.6 Å². The van der Waals surface area contributed by atoms with E-state index in [-0.39, 0.29) is 10.6 Å². The summed E-state index contributed by atoms with van der Waals surface area (Å²) in [4.78, 5) is 26.9. The molecular weight excluding hydrogens is 394 g/mol. The molecule has 6 nitrogen and oxygen atoms in total. The Balaban J connectivity index is 1.91. The van der Waals surface area contributed by atoms with Gasteiger partial charge in [0.25, 0.3) is 11.8 Å². The van der Waals surface area contributed by atoms with E-state index in [9.17, 15) is 9.59 Å². The highest BCUT2D eigenvalue weighted by Crippen LogP contribution is 2.40. The molecule has 0 radical (unpaired) electrons. The van der Waals surface area contributed by atoms with E-state index >= 15 is 0 Å². The van der Waals surface area contributed by atoms with Gasteiger partial charge < -0.3 is 14.2 Å². The Morgan fingerprint density at radius 2 is 1.59 bits per heavy atom. The number of carbonyl (C=O) groups excluding carboxylic acids is 2. The molecule has 0 saturated carbocycles. The average Bonchev–Trinajstić information content (AvgIpc) is 2.94. The predicted molar refractivity (Wildman–Crippen MR) is 112 cm³/mol. The molecule has 0 saturated heterocycles. The Morgan fingerprint density at radius 3 is 2.17 bits per heavy atom. The largest absolute Gasteiger partial charge is 0.497 e. The number of anilines is 1. The van der Waals surface area contributed by atoms with Crippen molar-refractivity contribution in [1.82, 2.24) is 0 Å². The zero-order valence-corrected chi connectivity index (χ0v) is 17.4. The minimum Gasteiger partial charge on any atom is -0.497 e. The molecule has 0 N–H and O–H groups in total. The number of benzene rings is 2. The molecule has 1 heterocycles. The molecule has 152 valence electrons. The second-order valence-corrected chi connectivity index (χ2v) is 7.28. The summed E-state index contributed by atoms with van der Waals surface area (Å²) in [5.41, 5.74) is 0.985. The molecule has 2 aromatic rings. The number of ether oxygens (including phenoxy) is 3. The number of carbonyl (C=O) groups is 2. The van der Waals surface area contributed by atoms with E-state index in [0.717, 1.165) is 4.90 Å². The highest BCUT2D eigenvalue weighted by atomic mass is 35.5. The van der Waals surface area contributed by atoms with Crippen LogP contribution in [-0.4, -0.2) is 32.6 Å². The molecule has 0 aromatic heterocycles. The zero-order valence-electron chi connectivity index (χ0n) is 16.7. The Kier molecular flexibility index (Phi) is 6.13. The summed E-state index contributed by atoms with van der Waals surface area (Å²) in [6, 6.07) is 11.8. The van der Waals surface area contributed by atoms with Gasteiger partial charge in [0.05, 0.1) is 32.1 Å². The van der Waals surface area contributed by atoms with Crippen molar-refractivity contribution in [3.05, 3.63) is 53.1 Å². The van der Waals surface area contributed by atoms with Crippen LogP contribution in [0.3, 0.4) is 0 Å². The van der Waals surface area contributed by atoms with Gasteiger partial charge in [-0.3, -0.25) is 9.59 Å². The third-order valence-corrected chi connectivity index (χ3v) is 4.73. The number of halogens is 1. The predicted octanol–water partition coefficient (Wildman–Crippen LogP) is 4.26. The molecule has 0 atom stereocenters. The van der Waals surface area contributed by atoms with Gasteiger partial charge in [-0.05, 0) is 35.7 Å². The summed E-state index contributed by atoms with van der Waals surface area (Å²) in [6.07, 6.45) is 0. The lowest BCUT2D eigenvalue weighted by molar-refractivity contribution is -0.119. The first-order valence-electron chi connectivity index (χ1n) is 9.11. The van der Waals surface area contributed by atoms with Gasteiger partial charge in [-0.25, -0.2) is 4.90 Å². The Bertz CT molecular complexity index is 966. The molecule has 7 heteroatoms. The van der Waals surface area contributed by atoms with Crippen LogP contribution >= 0.6 is 11.6 Å². The van der Waals surface area contributed by atoms with Crippen molar-refractivity contribution in [3.8, 4) is 17.2 Å². The third kappa shape index (κ3) is 4.07. The molecule has 2 aromatic carbocycles. The first-order valence-corrected chi connectivity index (χ1v) is 9.49. The minimum absolute atomic E-state index is 0.135. The SMILES string of the molecule is COc1ccc(N2C(=O)C(Cl)=C(c3ccc(OCC(C)C)cc3)C2=O)c(OC)c1. The van der Waals surface area contributed by atoms with E-state index in [0.29, 0.717) is 41.0 Å². The standard InChI is InChI=1S/C22H22ClNO5/c1-13(2)12-29-15-7-5-14(6-8-15)19-20(23)22(26)24(21(19)25)17-10-9-16(27-3)11-18(17)28-4/h5-11,13H,12H2,1-4H3. The minimum atomic E-state index is -0.602. The third-order valence-electron chi connectivity index (χ3n) is 4.38. The van der Waals surface area contributed by atoms with Crippen LogP contribution in [0.5, 0.6) is 17.2 Å². The van der Waals surface area contributed by atoms with E-state index in [4.69, 9.17) is 25.8 Å². The van der Waals surface area contributed by atoms with Crippen molar-refractivity contribution < 1.29 is 23.8 Å². The molecule has 0 spiro atoms. The summed E-state index contributed by atoms with van der Waals surface area (Å²) in [5, 5.41) is -0.135. The van der Waals surface area contributed by atoms with Crippen LogP contribution in [0.1, 0.15) is 19.4 Å². The number of imide groups is 1. The van der Waals surface area contributed by atoms with E-state index < -0.39 is 11.8 Å². The van der Waals surface area contributed by atoms with Crippen molar-refractivity contribution in [2.24, 2.45) is 5.92 Å². The van der Waals surface area contributed by atoms with Crippen molar-refractivity contribution >= 4 is 34.7 Å². The summed E-state index contributed by atoms with van der Waals surface area (Å²) in [6.45, 7) is 4.71. The lowest BCUT2D eigenvalue weighted by Crippen LogP contribution is -2.31. The Morgan fingerprint density at radius 1 is 0.931 bits per heavy atom. The second-order valence-electron chi connectivity index (χ2n) is 6.90. The van der Waals surface area contributed by atoms with Crippen molar-refractivity contribution in [2.45, 2.75) is 13.8 Å². The summed E-state index contributed by atoms with van der Waals surface area (Å²) < 4.78 is 16.2. The number of nitrogens with zero attached hydrogens (tertiary/aromatic N) is 1. The van der Waals surface area contributed by atoms with Crippen molar-refractivity contribution in [2.75, 3.05) is 25.7 Å². The van der Waals surface area contributed by atoms with Gasteiger partial charge in [0.2, 0.25) is 0 Å². The zero-order chi connectivity index (χ0) is 21.1. The van der Waals surface area contributed by atoms with E-state index in [1.165, 1.54) is 14.2 Å². The smallest absolute Gasteiger partial charge is 0.277 e.